The third kappa shape index (κ3) is 7.42. The van der Waals surface area contributed by atoms with Crippen molar-refractivity contribution in [3.63, 3.8) is 0 Å². The maximum Gasteiger partial charge on any atom is 0.573 e. The van der Waals surface area contributed by atoms with Crippen LogP contribution in [0, 0.1) is 0 Å². The van der Waals surface area contributed by atoms with Crippen molar-refractivity contribution in [1.82, 2.24) is 4.90 Å². The average Bonchev–Trinajstić information content (AvgIpc) is 2.71. The summed E-state index contributed by atoms with van der Waals surface area (Å²) in [5, 5.41) is 9.27. The van der Waals surface area contributed by atoms with E-state index in [-0.39, 0.29) is 18.9 Å². The van der Waals surface area contributed by atoms with Gasteiger partial charge in [-0.25, -0.2) is 4.79 Å². The fourth-order valence-electron chi connectivity index (χ4n) is 3.49. The number of ether oxygens (including phenoxy) is 3. The molecule has 2 aliphatic rings. The molecule has 32 heavy (non-hydrogen) atoms. The molecule has 1 heterocycles. The fourth-order valence-corrected chi connectivity index (χ4v) is 3.49. The van der Waals surface area contributed by atoms with E-state index in [4.69, 9.17) is 9.47 Å². The minimum atomic E-state index is -4.72. The van der Waals surface area contributed by atoms with Crippen LogP contribution in [-0.2, 0) is 20.9 Å². The van der Waals surface area contributed by atoms with Gasteiger partial charge in [0.25, 0.3) is 0 Å². The molecule has 0 spiro atoms. The molecule has 0 saturated carbocycles. The van der Waals surface area contributed by atoms with E-state index in [1.165, 1.54) is 29.8 Å². The molecule has 1 N–H and O–H groups in total. The molecule has 1 aliphatic heterocycles. The molecule has 174 valence electrons. The van der Waals surface area contributed by atoms with Gasteiger partial charge in [-0.3, -0.25) is 0 Å². The molecule has 0 aromatic heterocycles. The molecule has 0 radical (unpaired) electrons. The molecular formula is C23H26F3NO5. The number of alkyl halides is 3. The highest BCUT2D eigenvalue weighted by molar-refractivity contribution is 5.72. The van der Waals surface area contributed by atoms with Crippen molar-refractivity contribution in [1.29, 1.82) is 0 Å². The first kappa shape index (κ1) is 23.9. The van der Waals surface area contributed by atoms with Gasteiger partial charge in [0, 0.05) is 12.2 Å². The van der Waals surface area contributed by atoms with Crippen LogP contribution in [0.2, 0.25) is 0 Å². The molecular weight excluding hydrogens is 427 g/mol. The Labute approximate surface area is 184 Å². The summed E-state index contributed by atoms with van der Waals surface area (Å²) < 4.78 is 51.8. The van der Waals surface area contributed by atoms with Gasteiger partial charge in [0.1, 0.15) is 5.75 Å². The number of halogens is 3. The van der Waals surface area contributed by atoms with Gasteiger partial charge in [-0.15, -0.1) is 13.2 Å². The first-order valence-corrected chi connectivity index (χ1v) is 10.3. The lowest BCUT2D eigenvalue weighted by Crippen LogP contribution is -2.45. The topological polar surface area (TPSA) is 68.2 Å². The third-order valence-electron chi connectivity index (χ3n) is 5.07. The van der Waals surface area contributed by atoms with Crippen LogP contribution < -0.4 is 4.74 Å². The molecule has 1 aromatic rings. The van der Waals surface area contributed by atoms with Crippen molar-refractivity contribution in [3.8, 4) is 5.75 Å². The van der Waals surface area contributed by atoms with Crippen molar-refractivity contribution in [2.45, 2.75) is 38.8 Å². The lowest BCUT2D eigenvalue weighted by atomic mass is 10.0. The summed E-state index contributed by atoms with van der Waals surface area (Å²) in [6.07, 6.45) is 2.31. The van der Waals surface area contributed by atoms with Gasteiger partial charge in [-0.05, 0) is 55.2 Å². The monoisotopic (exact) mass is 453 g/mol. The molecule has 0 amide bonds. The second kappa shape index (κ2) is 10.7. The number of benzene rings is 1. The number of rotatable bonds is 7. The number of morpholine rings is 1. The minimum Gasteiger partial charge on any atom is -0.479 e. The molecule has 1 fully saturated rings. The Morgan fingerprint density at radius 1 is 1.22 bits per heavy atom. The summed E-state index contributed by atoms with van der Waals surface area (Å²) >= 11 is 0. The van der Waals surface area contributed by atoms with Gasteiger partial charge < -0.3 is 24.2 Å². The van der Waals surface area contributed by atoms with Gasteiger partial charge in [-0.1, -0.05) is 23.8 Å². The van der Waals surface area contributed by atoms with Gasteiger partial charge in [-0.2, -0.15) is 0 Å². The second-order valence-corrected chi connectivity index (χ2v) is 7.71. The SMILES string of the molecule is C/C1=C/C(N2CCOC(C(=O)O)C2)=C\C(COCc2ccc(OC(F)(F)F)cc2)=C/CC1. The maximum absolute atomic E-state index is 12.3. The number of hydrogen-bond acceptors (Lipinski definition) is 5. The number of carboxylic acid groups (broad SMARTS) is 1. The number of nitrogens with zero attached hydrogens (tertiary/aromatic N) is 1. The Hall–Kier alpha value is -2.78. The van der Waals surface area contributed by atoms with Crippen molar-refractivity contribution >= 4 is 5.97 Å². The largest absolute Gasteiger partial charge is 0.573 e. The Kier molecular flexibility index (Phi) is 7.98. The average molecular weight is 453 g/mol. The predicted octanol–water partition coefficient (Wildman–Crippen LogP) is 4.44. The highest BCUT2D eigenvalue weighted by Gasteiger charge is 2.31. The molecule has 1 unspecified atom stereocenters. The second-order valence-electron chi connectivity index (χ2n) is 7.71. The Balaban J connectivity index is 1.62. The van der Waals surface area contributed by atoms with Crippen molar-refractivity contribution in [2.24, 2.45) is 0 Å². The highest BCUT2D eigenvalue weighted by atomic mass is 19.4. The zero-order valence-corrected chi connectivity index (χ0v) is 17.7. The molecule has 1 aliphatic carbocycles. The van der Waals surface area contributed by atoms with Crippen LogP contribution in [0.15, 0.2) is 59.3 Å². The zero-order chi connectivity index (χ0) is 23.1. The molecule has 1 aromatic carbocycles. The van der Waals surface area contributed by atoms with E-state index in [9.17, 15) is 23.1 Å². The first-order chi connectivity index (χ1) is 15.2. The van der Waals surface area contributed by atoms with E-state index in [1.54, 1.807) is 0 Å². The van der Waals surface area contributed by atoms with Crippen molar-refractivity contribution < 1.29 is 37.3 Å². The molecule has 1 saturated heterocycles. The summed E-state index contributed by atoms with van der Waals surface area (Å²) in [4.78, 5) is 13.3. The molecule has 6 nitrogen and oxygen atoms in total. The van der Waals surface area contributed by atoms with E-state index in [0.29, 0.717) is 19.8 Å². The number of carboxylic acids is 1. The van der Waals surface area contributed by atoms with E-state index < -0.39 is 18.4 Å². The lowest BCUT2D eigenvalue weighted by molar-refractivity contribution is -0.274. The highest BCUT2D eigenvalue weighted by Crippen LogP contribution is 2.24. The van der Waals surface area contributed by atoms with Gasteiger partial charge in [0.05, 0.1) is 26.4 Å². The molecule has 1 atom stereocenters. The van der Waals surface area contributed by atoms with Crippen LogP contribution in [0.25, 0.3) is 0 Å². The van der Waals surface area contributed by atoms with Crippen LogP contribution in [-0.4, -0.2) is 54.7 Å². The molecule has 3 rings (SSSR count). The van der Waals surface area contributed by atoms with Gasteiger partial charge in [0.2, 0.25) is 0 Å². The number of allylic oxidation sites excluding steroid dienone is 3. The summed E-state index contributed by atoms with van der Waals surface area (Å²) in [7, 11) is 0. The number of carbonyl (C=O) groups is 1. The van der Waals surface area contributed by atoms with Gasteiger partial charge >= 0.3 is 12.3 Å². The summed E-state index contributed by atoms with van der Waals surface area (Å²) in [6, 6.07) is 5.57. The van der Waals surface area contributed by atoms with Crippen LogP contribution in [0.1, 0.15) is 25.3 Å². The minimum absolute atomic E-state index is 0.236. The van der Waals surface area contributed by atoms with Gasteiger partial charge in [0.15, 0.2) is 6.10 Å². The van der Waals surface area contributed by atoms with Crippen LogP contribution >= 0.6 is 0 Å². The number of hydrogen-bond donors (Lipinski definition) is 1. The molecule has 0 bridgehead atoms. The quantitative estimate of drug-likeness (QED) is 0.659. The van der Waals surface area contributed by atoms with Crippen molar-refractivity contribution in [3.05, 3.63) is 64.9 Å². The Morgan fingerprint density at radius 3 is 2.66 bits per heavy atom. The van der Waals surface area contributed by atoms with Crippen LogP contribution in [0.5, 0.6) is 5.75 Å². The summed E-state index contributed by atoms with van der Waals surface area (Å²) in [5.41, 5.74) is 3.80. The van der Waals surface area contributed by atoms with E-state index in [0.717, 1.165) is 29.7 Å². The lowest BCUT2D eigenvalue weighted by Gasteiger charge is -2.34. The fraction of sp³-hybridized carbons (Fsp3) is 0.435. The zero-order valence-electron chi connectivity index (χ0n) is 17.7. The third-order valence-corrected chi connectivity index (χ3v) is 5.07. The van der Waals surface area contributed by atoms with E-state index in [1.807, 2.05) is 17.9 Å². The van der Waals surface area contributed by atoms with Crippen LogP contribution in [0.3, 0.4) is 0 Å². The smallest absolute Gasteiger partial charge is 0.479 e. The summed E-state index contributed by atoms with van der Waals surface area (Å²) in [5.74, 6) is -1.25. The predicted molar refractivity (Wildman–Crippen MR) is 111 cm³/mol. The van der Waals surface area contributed by atoms with Crippen LogP contribution in [0.4, 0.5) is 13.2 Å². The van der Waals surface area contributed by atoms with E-state index in [2.05, 4.69) is 16.9 Å². The Morgan fingerprint density at radius 2 is 1.97 bits per heavy atom. The van der Waals surface area contributed by atoms with Crippen molar-refractivity contribution in [2.75, 3.05) is 26.3 Å². The Bertz CT molecular complexity index is 890. The van der Waals surface area contributed by atoms with E-state index >= 15 is 0 Å². The standard InChI is InChI=1S/C23H26F3NO5/c1-16-3-2-4-18(12-19(11-16)27-9-10-31-21(13-27)22(28)29)15-30-14-17-5-7-20(8-6-17)32-23(24,25)26/h4-8,11-12,21H,2-3,9-10,13-15H2,1H3,(H,28,29)/b16-11-,18-4+,19-12+. The first-order valence-electron chi connectivity index (χ1n) is 10.3. The molecule has 9 heteroatoms. The summed E-state index contributed by atoms with van der Waals surface area (Å²) in [6.45, 7) is 3.81. The number of aliphatic carboxylic acids is 1. The maximum atomic E-state index is 12.3. The normalized spacial score (nSPS) is 24.8.